The van der Waals surface area contributed by atoms with Crippen LogP contribution in [0.4, 0.5) is 0 Å². The molecule has 1 aliphatic carbocycles. The minimum absolute atomic E-state index is 0.00638. The lowest BCUT2D eigenvalue weighted by Crippen LogP contribution is -2.36. The predicted octanol–water partition coefficient (Wildman–Crippen LogP) is 3.56. The van der Waals surface area contributed by atoms with E-state index in [4.69, 9.17) is 4.74 Å². The summed E-state index contributed by atoms with van der Waals surface area (Å²) in [6, 6.07) is 6.54. The van der Waals surface area contributed by atoms with E-state index in [1.54, 1.807) is 0 Å². The molecule has 3 nitrogen and oxygen atoms in total. The second-order valence-corrected chi connectivity index (χ2v) is 6.03. The molecule has 0 bridgehead atoms. The second kappa shape index (κ2) is 6.78. The number of rotatable bonds is 5. The van der Waals surface area contributed by atoms with E-state index in [0.717, 1.165) is 29.7 Å². The summed E-state index contributed by atoms with van der Waals surface area (Å²) in [5.41, 5.74) is 2.31. The molecule has 20 heavy (non-hydrogen) atoms. The Labute approximate surface area is 121 Å². The van der Waals surface area contributed by atoms with Crippen LogP contribution in [0.15, 0.2) is 18.2 Å². The van der Waals surface area contributed by atoms with Gasteiger partial charge in [-0.3, -0.25) is 4.79 Å². The zero-order valence-electron chi connectivity index (χ0n) is 12.7. The van der Waals surface area contributed by atoms with Crippen LogP contribution in [0, 0.1) is 6.92 Å². The zero-order valence-corrected chi connectivity index (χ0v) is 12.7. The van der Waals surface area contributed by atoms with Crippen LogP contribution in [-0.2, 0) is 4.79 Å². The van der Waals surface area contributed by atoms with Gasteiger partial charge in [0.2, 0.25) is 0 Å². The van der Waals surface area contributed by atoms with E-state index < -0.39 is 0 Å². The standard InChI is InChI=1S/C17H25NO2/c1-12(2)15-9-8-13(3)10-16(15)20-11-17(19)18-14-6-4-5-7-14/h8-10,12,14H,4-7,11H2,1-3H3,(H,18,19). The lowest BCUT2D eigenvalue weighted by molar-refractivity contribution is -0.123. The van der Waals surface area contributed by atoms with Crippen LogP contribution in [0.2, 0.25) is 0 Å². The smallest absolute Gasteiger partial charge is 0.258 e. The lowest BCUT2D eigenvalue weighted by atomic mass is 10.0. The first-order chi connectivity index (χ1) is 9.56. The van der Waals surface area contributed by atoms with Crippen molar-refractivity contribution in [3.63, 3.8) is 0 Å². The van der Waals surface area contributed by atoms with Gasteiger partial charge < -0.3 is 10.1 Å². The fraction of sp³-hybridized carbons (Fsp3) is 0.588. The van der Waals surface area contributed by atoms with E-state index in [1.165, 1.54) is 12.8 Å². The summed E-state index contributed by atoms with van der Waals surface area (Å²) < 4.78 is 5.74. The third-order valence-corrected chi connectivity index (χ3v) is 3.87. The van der Waals surface area contributed by atoms with E-state index in [-0.39, 0.29) is 12.5 Å². The summed E-state index contributed by atoms with van der Waals surface area (Å²) in [4.78, 5) is 11.9. The molecule has 1 fully saturated rings. The summed E-state index contributed by atoms with van der Waals surface area (Å²) in [7, 11) is 0. The summed E-state index contributed by atoms with van der Waals surface area (Å²) >= 11 is 0. The summed E-state index contributed by atoms with van der Waals surface area (Å²) in [5, 5.41) is 3.05. The molecule has 2 rings (SSSR count). The Balaban J connectivity index is 1.92. The molecule has 0 aliphatic heterocycles. The molecule has 1 aromatic rings. The van der Waals surface area contributed by atoms with Crippen LogP contribution in [0.1, 0.15) is 56.6 Å². The molecule has 0 atom stereocenters. The van der Waals surface area contributed by atoms with Crippen molar-refractivity contribution in [1.29, 1.82) is 0 Å². The molecular weight excluding hydrogens is 250 g/mol. The van der Waals surface area contributed by atoms with Crippen molar-refractivity contribution >= 4 is 5.91 Å². The first kappa shape index (κ1) is 14.9. The van der Waals surface area contributed by atoms with E-state index >= 15 is 0 Å². The monoisotopic (exact) mass is 275 g/mol. The highest BCUT2D eigenvalue weighted by atomic mass is 16.5. The molecular formula is C17H25NO2. The number of ether oxygens (including phenoxy) is 1. The Morgan fingerprint density at radius 3 is 2.70 bits per heavy atom. The minimum atomic E-state index is -0.00638. The van der Waals surface area contributed by atoms with Gasteiger partial charge >= 0.3 is 0 Å². The number of hydrogen-bond acceptors (Lipinski definition) is 2. The molecule has 0 heterocycles. The highest BCUT2D eigenvalue weighted by Crippen LogP contribution is 2.27. The average Bonchev–Trinajstić information content (AvgIpc) is 2.89. The van der Waals surface area contributed by atoms with E-state index in [2.05, 4.69) is 31.3 Å². The summed E-state index contributed by atoms with van der Waals surface area (Å²) in [6.07, 6.45) is 4.66. The Morgan fingerprint density at radius 2 is 2.05 bits per heavy atom. The van der Waals surface area contributed by atoms with E-state index in [9.17, 15) is 4.79 Å². The molecule has 0 unspecified atom stereocenters. The predicted molar refractivity (Wildman–Crippen MR) is 81.2 cm³/mol. The first-order valence-electron chi connectivity index (χ1n) is 7.59. The molecule has 0 spiro atoms. The van der Waals surface area contributed by atoms with Crippen LogP contribution < -0.4 is 10.1 Å². The van der Waals surface area contributed by atoms with Gasteiger partial charge in [0.1, 0.15) is 5.75 Å². The fourth-order valence-electron chi connectivity index (χ4n) is 2.73. The summed E-state index contributed by atoms with van der Waals surface area (Å²) in [5.74, 6) is 1.22. The van der Waals surface area contributed by atoms with Crippen LogP contribution in [0.5, 0.6) is 5.75 Å². The highest BCUT2D eigenvalue weighted by Gasteiger charge is 2.17. The lowest BCUT2D eigenvalue weighted by Gasteiger charge is -2.16. The number of carbonyl (C=O) groups is 1. The van der Waals surface area contributed by atoms with Gasteiger partial charge in [0, 0.05) is 6.04 Å². The summed E-state index contributed by atoms with van der Waals surface area (Å²) in [6.45, 7) is 6.42. The maximum Gasteiger partial charge on any atom is 0.258 e. The van der Waals surface area contributed by atoms with E-state index in [0.29, 0.717) is 12.0 Å². The van der Waals surface area contributed by atoms with Crippen LogP contribution in [-0.4, -0.2) is 18.6 Å². The van der Waals surface area contributed by atoms with Crippen molar-refractivity contribution in [1.82, 2.24) is 5.32 Å². The van der Waals surface area contributed by atoms with Crippen LogP contribution in [0.25, 0.3) is 0 Å². The van der Waals surface area contributed by atoms with Gasteiger partial charge in [-0.25, -0.2) is 0 Å². The van der Waals surface area contributed by atoms with Crippen molar-refractivity contribution in [2.24, 2.45) is 0 Å². The average molecular weight is 275 g/mol. The Morgan fingerprint density at radius 1 is 1.35 bits per heavy atom. The van der Waals surface area contributed by atoms with Crippen molar-refractivity contribution < 1.29 is 9.53 Å². The number of hydrogen-bond donors (Lipinski definition) is 1. The number of aryl methyl sites for hydroxylation is 1. The topological polar surface area (TPSA) is 38.3 Å². The maximum atomic E-state index is 11.9. The third kappa shape index (κ3) is 3.99. The normalized spacial score (nSPS) is 15.6. The van der Waals surface area contributed by atoms with Crippen molar-refractivity contribution in [2.75, 3.05) is 6.61 Å². The Bertz CT molecular complexity index is 462. The number of benzene rings is 1. The fourth-order valence-corrected chi connectivity index (χ4v) is 2.73. The minimum Gasteiger partial charge on any atom is -0.483 e. The van der Waals surface area contributed by atoms with Gasteiger partial charge in [-0.2, -0.15) is 0 Å². The van der Waals surface area contributed by atoms with Crippen molar-refractivity contribution in [2.45, 2.75) is 58.4 Å². The Hall–Kier alpha value is -1.51. The maximum absolute atomic E-state index is 11.9. The van der Waals surface area contributed by atoms with E-state index in [1.807, 2.05) is 13.0 Å². The molecule has 110 valence electrons. The first-order valence-corrected chi connectivity index (χ1v) is 7.59. The molecule has 1 aromatic carbocycles. The van der Waals surface area contributed by atoms with Gasteiger partial charge in [-0.15, -0.1) is 0 Å². The quantitative estimate of drug-likeness (QED) is 0.892. The molecule has 1 saturated carbocycles. The number of nitrogens with one attached hydrogen (secondary N) is 1. The molecule has 0 aromatic heterocycles. The zero-order chi connectivity index (χ0) is 14.5. The van der Waals surface area contributed by atoms with Gasteiger partial charge in [0.25, 0.3) is 5.91 Å². The largest absolute Gasteiger partial charge is 0.483 e. The molecule has 0 radical (unpaired) electrons. The van der Waals surface area contributed by atoms with Gasteiger partial charge in [-0.1, -0.05) is 38.8 Å². The third-order valence-electron chi connectivity index (χ3n) is 3.87. The highest BCUT2D eigenvalue weighted by molar-refractivity contribution is 5.77. The second-order valence-electron chi connectivity index (χ2n) is 6.03. The van der Waals surface area contributed by atoms with Gasteiger partial charge in [0.05, 0.1) is 0 Å². The Kier molecular flexibility index (Phi) is 5.05. The molecule has 1 N–H and O–H groups in total. The van der Waals surface area contributed by atoms with Crippen LogP contribution >= 0.6 is 0 Å². The molecule has 0 saturated heterocycles. The van der Waals surface area contributed by atoms with Crippen LogP contribution in [0.3, 0.4) is 0 Å². The number of amides is 1. The molecule has 1 aliphatic rings. The van der Waals surface area contributed by atoms with Gasteiger partial charge in [0.15, 0.2) is 6.61 Å². The molecule has 3 heteroatoms. The SMILES string of the molecule is Cc1ccc(C(C)C)c(OCC(=O)NC2CCCC2)c1. The van der Waals surface area contributed by atoms with Crippen molar-refractivity contribution in [3.05, 3.63) is 29.3 Å². The number of carbonyl (C=O) groups excluding carboxylic acids is 1. The van der Waals surface area contributed by atoms with Gasteiger partial charge in [-0.05, 0) is 42.9 Å². The molecule has 1 amide bonds. The van der Waals surface area contributed by atoms with Crippen molar-refractivity contribution in [3.8, 4) is 5.75 Å².